The minimum absolute atomic E-state index is 0.707. The van der Waals surface area contributed by atoms with Gasteiger partial charge in [0.2, 0.25) is 0 Å². The van der Waals surface area contributed by atoms with Crippen molar-refractivity contribution in [2.75, 3.05) is 39.3 Å². The quantitative estimate of drug-likeness (QED) is 0.735. The molecule has 1 aliphatic rings. The van der Waals surface area contributed by atoms with Gasteiger partial charge in [0.25, 0.3) is 0 Å². The summed E-state index contributed by atoms with van der Waals surface area (Å²) in [5.41, 5.74) is 5.74. The van der Waals surface area contributed by atoms with Crippen molar-refractivity contribution >= 4 is 0 Å². The summed E-state index contributed by atoms with van der Waals surface area (Å²) in [6, 6.07) is 0.707. The SMILES string of the molecule is CCC(CC)CN1CCCN(C(CC)CCN)CC1. The fourth-order valence-corrected chi connectivity index (χ4v) is 3.29. The van der Waals surface area contributed by atoms with E-state index in [0.29, 0.717) is 6.04 Å². The van der Waals surface area contributed by atoms with Crippen LogP contribution in [0.3, 0.4) is 0 Å². The van der Waals surface area contributed by atoms with Crippen LogP contribution in [0, 0.1) is 5.92 Å². The van der Waals surface area contributed by atoms with Crippen molar-refractivity contribution < 1.29 is 0 Å². The summed E-state index contributed by atoms with van der Waals surface area (Å²) in [7, 11) is 0. The Hall–Kier alpha value is -0.120. The fourth-order valence-electron chi connectivity index (χ4n) is 3.29. The van der Waals surface area contributed by atoms with Crippen LogP contribution in [0.1, 0.15) is 52.9 Å². The van der Waals surface area contributed by atoms with E-state index in [2.05, 4.69) is 30.6 Å². The van der Waals surface area contributed by atoms with Crippen molar-refractivity contribution in [1.82, 2.24) is 9.80 Å². The number of nitrogens with two attached hydrogens (primary N) is 1. The molecule has 2 N–H and O–H groups in total. The first kappa shape index (κ1) is 16.9. The summed E-state index contributed by atoms with van der Waals surface area (Å²) >= 11 is 0. The second-order valence-corrected chi connectivity index (χ2v) is 6.01. The maximum atomic E-state index is 5.74. The van der Waals surface area contributed by atoms with E-state index in [0.717, 1.165) is 18.9 Å². The van der Waals surface area contributed by atoms with E-state index < -0.39 is 0 Å². The first-order chi connectivity index (χ1) is 9.24. The Bertz CT molecular complexity index is 216. The maximum Gasteiger partial charge on any atom is 0.0112 e. The van der Waals surface area contributed by atoms with Crippen LogP contribution >= 0.6 is 0 Å². The van der Waals surface area contributed by atoms with Crippen molar-refractivity contribution in [2.24, 2.45) is 11.7 Å². The number of hydrogen-bond donors (Lipinski definition) is 1. The molecule has 1 unspecified atom stereocenters. The third-order valence-corrected chi connectivity index (χ3v) is 4.78. The van der Waals surface area contributed by atoms with Gasteiger partial charge in [0.15, 0.2) is 0 Å². The van der Waals surface area contributed by atoms with Gasteiger partial charge in [-0.15, -0.1) is 0 Å². The number of nitrogens with zero attached hydrogens (tertiary/aromatic N) is 2. The average Bonchev–Trinajstić information content (AvgIpc) is 2.67. The Labute approximate surface area is 120 Å². The van der Waals surface area contributed by atoms with Gasteiger partial charge in [-0.2, -0.15) is 0 Å². The summed E-state index contributed by atoms with van der Waals surface area (Å²) < 4.78 is 0. The average molecular weight is 269 g/mol. The Morgan fingerprint density at radius 2 is 1.68 bits per heavy atom. The zero-order valence-electron chi connectivity index (χ0n) is 13.4. The summed E-state index contributed by atoms with van der Waals surface area (Å²) in [5, 5.41) is 0. The van der Waals surface area contributed by atoms with E-state index in [4.69, 9.17) is 5.73 Å². The van der Waals surface area contributed by atoms with E-state index in [9.17, 15) is 0 Å². The fraction of sp³-hybridized carbons (Fsp3) is 1.00. The van der Waals surface area contributed by atoms with E-state index in [1.54, 1.807) is 0 Å². The van der Waals surface area contributed by atoms with Gasteiger partial charge in [-0.05, 0) is 44.8 Å². The highest BCUT2D eigenvalue weighted by Crippen LogP contribution is 2.15. The lowest BCUT2D eigenvalue weighted by atomic mass is 10.0. The van der Waals surface area contributed by atoms with E-state index in [-0.39, 0.29) is 0 Å². The smallest absolute Gasteiger partial charge is 0.0112 e. The minimum Gasteiger partial charge on any atom is -0.330 e. The Morgan fingerprint density at radius 3 is 2.26 bits per heavy atom. The molecule has 0 amide bonds. The lowest BCUT2D eigenvalue weighted by Gasteiger charge is -2.30. The molecular formula is C16H35N3. The van der Waals surface area contributed by atoms with Crippen LogP contribution in [0.15, 0.2) is 0 Å². The molecule has 0 bridgehead atoms. The van der Waals surface area contributed by atoms with Gasteiger partial charge in [-0.25, -0.2) is 0 Å². The summed E-state index contributed by atoms with van der Waals surface area (Å²) in [4.78, 5) is 5.37. The highest BCUT2D eigenvalue weighted by atomic mass is 15.2. The molecular weight excluding hydrogens is 234 g/mol. The van der Waals surface area contributed by atoms with E-state index in [1.165, 1.54) is 58.4 Å². The van der Waals surface area contributed by atoms with Crippen LogP contribution in [0.4, 0.5) is 0 Å². The highest BCUT2D eigenvalue weighted by molar-refractivity contribution is 4.77. The van der Waals surface area contributed by atoms with Crippen molar-refractivity contribution in [1.29, 1.82) is 0 Å². The maximum absolute atomic E-state index is 5.74. The molecule has 1 saturated heterocycles. The molecule has 1 fully saturated rings. The Balaban J connectivity index is 2.41. The summed E-state index contributed by atoms with van der Waals surface area (Å²) in [6.07, 6.45) is 6.36. The predicted molar refractivity (Wildman–Crippen MR) is 84.5 cm³/mol. The lowest BCUT2D eigenvalue weighted by molar-refractivity contribution is 0.179. The first-order valence-corrected chi connectivity index (χ1v) is 8.41. The van der Waals surface area contributed by atoms with Crippen LogP contribution in [0.5, 0.6) is 0 Å². The largest absolute Gasteiger partial charge is 0.330 e. The zero-order valence-corrected chi connectivity index (χ0v) is 13.4. The number of hydrogen-bond acceptors (Lipinski definition) is 3. The molecule has 1 atom stereocenters. The van der Waals surface area contributed by atoms with Crippen molar-refractivity contribution in [3.63, 3.8) is 0 Å². The standard InChI is InChI=1S/C16H35N3/c1-4-15(5-2)14-18-10-7-11-19(13-12-18)16(6-3)8-9-17/h15-16H,4-14,17H2,1-3H3. The van der Waals surface area contributed by atoms with Gasteiger partial charge in [0.05, 0.1) is 0 Å². The van der Waals surface area contributed by atoms with E-state index >= 15 is 0 Å². The molecule has 1 heterocycles. The third kappa shape index (κ3) is 5.80. The van der Waals surface area contributed by atoms with Crippen LogP contribution in [0.2, 0.25) is 0 Å². The van der Waals surface area contributed by atoms with Crippen molar-refractivity contribution in [3.8, 4) is 0 Å². The highest BCUT2D eigenvalue weighted by Gasteiger charge is 2.21. The van der Waals surface area contributed by atoms with Gasteiger partial charge in [-0.1, -0.05) is 33.6 Å². The molecule has 114 valence electrons. The second-order valence-electron chi connectivity index (χ2n) is 6.01. The molecule has 0 aliphatic carbocycles. The predicted octanol–water partition coefficient (Wildman–Crippen LogP) is 2.56. The van der Waals surface area contributed by atoms with Crippen LogP contribution in [-0.4, -0.2) is 55.1 Å². The minimum atomic E-state index is 0.707. The zero-order chi connectivity index (χ0) is 14.1. The third-order valence-electron chi connectivity index (χ3n) is 4.78. The normalized spacial score (nSPS) is 20.7. The molecule has 0 aromatic heterocycles. The van der Waals surface area contributed by atoms with Gasteiger partial charge in [0.1, 0.15) is 0 Å². The van der Waals surface area contributed by atoms with E-state index in [1.807, 2.05) is 0 Å². The second kappa shape index (κ2) is 9.73. The molecule has 0 aromatic carbocycles. The number of rotatable bonds is 8. The van der Waals surface area contributed by atoms with Crippen molar-refractivity contribution in [2.45, 2.75) is 58.9 Å². The Kier molecular flexibility index (Phi) is 8.67. The molecule has 3 nitrogen and oxygen atoms in total. The lowest BCUT2D eigenvalue weighted by Crippen LogP contribution is -2.39. The van der Waals surface area contributed by atoms with Gasteiger partial charge >= 0.3 is 0 Å². The molecule has 0 spiro atoms. The topological polar surface area (TPSA) is 32.5 Å². The van der Waals surface area contributed by atoms with Gasteiger partial charge in [0, 0.05) is 25.7 Å². The summed E-state index contributed by atoms with van der Waals surface area (Å²) in [5.74, 6) is 0.887. The van der Waals surface area contributed by atoms with Crippen LogP contribution in [-0.2, 0) is 0 Å². The van der Waals surface area contributed by atoms with Gasteiger partial charge < -0.3 is 10.6 Å². The van der Waals surface area contributed by atoms with Crippen LogP contribution in [0.25, 0.3) is 0 Å². The van der Waals surface area contributed by atoms with Crippen LogP contribution < -0.4 is 5.73 Å². The van der Waals surface area contributed by atoms with Crippen molar-refractivity contribution in [3.05, 3.63) is 0 Å². The molecule has 0 saturated carbocycles. The molecule has 1 rings (SSSR count). The Morgan fingerprint density at radius 1 is 0.947 bits per heavy atom. The monoisotopic (exact) mass is 269 g/mol. The molecule has 0 aromatic rings. The van der Waals surface area contributed by atoms with Gasteiger partial charge in [-0.3, -0.25) is 4.90 Å². The molecule has 3 heteroatoms. The summed E-state index contributed by atoms with van der Waals surface area (Å²) in [6.45, 7) is 14.1. The molecule has 0 radical (unpaired) electrons. The molecule has 1 aliphatic heterocycles. The first-order valence-electron chi connectivity index (χ1n) is 8.41. The molecule has 19 heavy (non-hydrogen) atoms.